The average Bonchev–Trinajstić information content (AvgIpc) is 3.25. The van der Waals surface area contributed by atoms with Crippen LogP contribution in [0.5, 0.6) is 11.5 Å². The number of carbonyl (C=O) groups is 2. The second-order valence-electron chi connectivity index (χ2n) is 7.25. The summed E-state index contributed by atoms with van der Waals surface area (Å²) in [6.07, 6.45) is 0. The highest BCUT2D eigenvalue weighted by atomic mass is 79.9. The van der Waals surface area contributed by atoms with Gasteiger partial charge in [-0.05, 0) is 48.4 Å². The Morgan fingerprint density at radius 2 is 1.87 bits per heavy atom. The van der Waals surface area contributed by atoms with Gasteiger partial charge in [0.05, 0.1) is 6.54 Å². The summed E-state index contributed by atoms with van der Waals surface area (Å²) in [7, 11) is 0. The number of imide groups is 1. The van der Waals surface area contributed by atoms with E-state index in [0.717, 1.165) is 9.37 Å². The first-order valence-corrected chi connectivity index (χ1v) is 9.91. The predicted octanol–water partition coefficient (Wildman–Crippen LogP) is 3.25. The summed E-state index contributed by atoms with van der Waals surface area (Å²) >= 11 is 3.34. The summed E-state index contributed by atoms with van der Waals surface area (Å²) in [6, 6.07) is 11.1. The Bertz CT molecular complexity index is 1290. The third kappa shape index (κ3) is 2.85. The summed E-state index contributed by atoms with van der Waals surface area (Å²) in [4.78, 5) is 39.1. The molecule has 0 bridgehead atoms. The SMILES string of the molecule is C[C@]1(c2ccc3c(c2)OCO3)NC(=O)N(Cc2cc(=O)oc3cc(Br)ccc23)C1=O. The minimum atomic E-state index is -1.27. The van der Waals surface area contributed by atoms with Gasteiger partial charge >= 0.3 is 11.7 Å². The van der Waals surface area contributed by atoms with E-state index in [2.05, 4.69) is 21.2 Å². The lowest BCUT2D eigenvalue weighted by Gasteiger charge is -2.22. The van der Waals surface area contributed by atoms with E-state index in [1.807, 2.05) is 0 Å². The summed E-state index contributed by atoms with van der Waals surface area (Å²) < 4.78 is 16.7. The van der Waals surface area contributed by atoms with E-state index < -0.39 is 23.1 Å². The molecule has 1 aromatic heterocycles. The average molecular weight is 471 g/mol. The number of nitrogens with one attached hydrogen (secondary N) is 1. The van der Waals surface area contributed by atoms with Crippen LogP contribution in [0.15, 0.2) is 56.1 Å². The predicted molar refractivity (Wildman–Crippen MR) is 109 cm³/mol. The molecule has 8 nitrogen and oxygen atoms in total. The molecule has 3 aromatic rings. The van der Waals surface area contributed by atoms with E-state index in [-0.39, 0.29) is 13.3 Å². The van der Waals surface area contributed by atoms with Crippen molar-refractivity contribution in [2.75, 3.05) is 6.79 Å². The van der Waals surface area contributed by atoms with E-state index in [0.29, 0.717) is 33.6 Å². The fraction of sp³-hybridized carbons (Fsp3) is 0.190. The first kappa shape index (κ1) is 18.7. The van der Waals surface area contributed by atoms with Crippen LogP contribution >= 0.6 is 15.9 Å². The Morgan fingerprint density at radius 1 is 1.07 bits per heavy atom. The molecule has 1 atom stereocenters. The Morgan fingerprint density at radius 3 is 2.70 bits per heavy atom. The monoisotopic (exact) mass is 470 g/mol. The highest BCUT2D eigenvalue weighted by Crippen LogP contribution is 2.38. The number of hydrogen-bond acceptors (Lipinski definition) is 6. The van der Waals surface area contributed by atoms with Crippen molar-refractivity contribution >= 4 is 38.8 Å². The zero-order valence-corrected chi connectivity index (χ0v) is 17.3. The van der Waals surface area contributed by atoms with Crippen molar-refractivity contribution < 1.29 is 23.5 Å². The third-order valence-corrected chi connectivity index (χ3v) is 5.84. The maximum Gasteiger partial charge on any atom is 0.336 e. The van der Waals surface area contributed by atoms with Crippen LogP contribution in [0.1, 0.15) is 18.1 Å². The number of rotatable bonds is 3. The number of urea groups is 1. The highest BCUT2D eigenvalue weighted by Gasteiger charge is 2.49. The van der Waals surface area contributed by atoms with E-state index in [4.69, 9.17) is 13.9 Å². The Kier molecular flexibility index (Phi) is 4.11. The van der Waals surface area contributed by atoms with E-state index in [9.17, 15) is 14.4 Å². The molecule has 0 aliphatic carbocycles. The van der Waals surface area contributed by atoms with Crippen LogP contribution in [0.4, 0.5) is 4.79 Å². The van der Waals surface area contributed by atoms with Crippen molar-refractivity contribution in [2.24, 2.45) is 0 Å². The number of hydrogen-bond donors (Lipinski definition) is 1. The van der Waals surface area contributed by atoms with Crippen molar-refractivity contribution in [2.45, 2.75) is 19.0 Å². The second kappa shape index (κ2) is 6.60. The molecule has 30 heavy (non-hydrogen) atoms. The van der Waals surface area contributed by atoms with Crippen LogP contribution in [-0.4, -0.2) is 23.6 Å². The van der Waals surface area contributed by atoms with Crippen molar-refractivity contribution in [1.82, 2.24) is 10.2 Å². The van der Waals surface area contributed by atoms with Gasteiger partial charge < -0.3 is 19.2 Å². The van der Waals surface area contributed by atoms with Gasteiger partial charge in [0.1, 0.15) is 11.1 Å². The smallest absolute Gasteiger partial charge is 0.336 e. The molecule has 9 heteroatoms. The van der Waals surface area contributed by atoms with Gasteiger partial charge in [-0.1, -0.05) is 22.0 Å². The van der Waals surface area contributed by atoms with E-state index >= 15 is 0 Å². The molecule has 3 amide bonds. The number of halogens is 1. The van der Waals surface area contributed by atoms with Crippen LogP contribution in [0.3, 0.4) is 0 Å². The number of fused-ring (bicyclic) bond motifs is 2. The van der Waals surface area contributed by atoms with Gasteiger partial charge in [0.15, 0.2) is 11.5 Å². The summed E-state index contributed by atoms with van der Waals surface area (Å²) in [5, 5.41) is 3.41. The molecular weight excluding hydrogens is 456 g/mol. The molecule has 2 aliphatic heterocycles. The van der Waals surface area contributed by atoms with Crippen LogP contribution in [-0.2, 0) is 16.9 Å². The zero-order chi connectivity index (χ0) is 21.0. The molecule has 0 radical (unpaired) electrons. The van der Waals surface area contributed by atoms with Crippen molar-refractivity contribution in [3.05, 3.63) is 68.5 Å². The van der Waals surface area contributed by atoms with Crippen LogP contribution in [0.2, 0.25) is 0 Å². The lowest BCUT2D eigenvalue weighted by Crippen LogP contribution is -2.40. The number of nitrogens with zero attached hydrogens (tertiary/aromatic N) is 1. The van der Waals surface area contributed by atoms with Gasteiger partial charge in [-0.3, -0.25) is 9.69 Å². The first-order chi connectivity index (χ1) is 14.3. The largest absolute Gasteiger partial charge is 0.454 e. The zero-order valence-electron chi connectivity index (χ0n) is 15.7. The van der Waals surface area contributed by atoms with Gasteiger partial charge in [0, 0.05) is 15.9 Å². The molecule has 1 N–H and O–H groups in total. The van der Waals surface area contributed by atoms with Crippen molar-refractivity contribution in [1.29, 1.82) is 0 Å². The molecule has 0 saturated carbocycles. The minimum Gasteiger partial charge on any atom is -0.454 e. The van der Waals surface area contributed by atoms with Gasteiger partial charge in [0.2, 0.25) is 6.79 Å². The van der Waals surface area contributed by atoms with Gasteiger partial charge in [-0.15, -0.1) is 0 Å². The van der Waals surface area contributed by atoms with E-state index in [1.54, 1.807) is 43.3 Å². The highest BCUT2D eigenvalue weighted by molar-refractivity contribution is 9.10. The van der Waals surface area contributed by atoms with Crippen LogP contribution < -0.4 is 20.4 Å². The molecule has 2 aromatic carbocycles. The lowest BCUT2D eigenvalue weighted by atomic mass is 9.91. The van der Waals surface area contributed by atoms with Gasteiger partial charge in [0.25, 0.3) is 5.91 Å². The third-order valence-electron chi connectivity index (χ3n) is 5.35. The standard InChI is InChI=1S/C21H15BrN2O6/c1-21(12-2-5-15-17(7-12)29-10-28-15)19(26)24(20(27)23-21)9-11-6-18(25)30-16-8-13(22)3-4-14(11)16/h2-8H,9-10H2,1H3,(H,23,27)/t21-/m1/s1. The molecule has 1 fully saturated rings. The molecule has 0 unspecified atom stereocenters. The first-order valence-electron chi connectivity index (χ1n) is 9.12. The number of carbonyl (C=O) groups excluding carboxylic acids is 2. The molecule has 152 valence electrons. The maximum absolute atomic E-state index is 13.3. The Labute approximate surface area is 178 Å². The topological polar surface area (TPSA) is 98.1 Å². The summed E-state index contributed by atoms with van der Waals surface area (Å²) in [5.41, 5.74) is -0.351. The number of ether oxygens (including phenoxy) is 2. The molecule has 3 heterocycles. The van der Waals surface area contributed by atoms with Crippen LogP contribution in [0.25, 0.3) is 11.0 Å². The summed E-state index contributed by atoms with van der Waals surface area (Å²) in [5.74, 6) is 0.681. The lowest BCUT2D eigenvalue weighted by molar-refractivity contribution is -0.131. The number of benzene rings is 2. The molecular formula is C21H15BrN2O6. The quantitative estimate of drug-likeness (QED) is 0.465. The van der Waals surface area contributed by atoms with Crippen LogP contribution in [0, 0.1) is 0 Å². The fourth-order valence-electron chi connectivity index (χ4n) is 3.75. The fourth-order valence-corrected chi connectivity index (χ4v) is 4.09. The number of amides is 3. The van der Waals surface area contributed by atoms with Gasteiger partial charge in [-0.2, -0.15) is 0 Å². The molecule has 1 saturated heterocycles. The molecule has 5 rings (SSSR count). The minimum absolute atomic E-state index is 0.0610. The van der Waals surface area contributed by atoms with Gasteiger partial charge in [-0.25, -0.2) is 9.59 Å². The van der Waals surface area contributed by atoms with E-state index in [1.165, 1.54) is 6.07 Å². The van der Waals surface area contributed by atoms with Crippen molar-refractivity contribution in [3.63, 3.8) is 0 Å². The second-order valence-corrected chi connectivity index (χ2v) is 8.16. The summed E-state index contributed by atoms with van der Waals surface area (Å²) in [6.45, 7) is 1.69. The Balaban J connectivity index is 1.51. The maximum atomic E-state index is 13.3. The van der Waals surface area contributed by atoms with Crippen molar-refractivity contribution in [3.8, 4) is 11.5 Å². The molecule has 2 aliphatic rings. The normalized spacial score (nSPS) is 20.1. The Hall–Kier alpha value is -3.33. The molecule has 0 spiro atoms.